The first-order chi connectivity index (χ1) is 8.24. The Morgan fingerprint density at radius 3 is 3.00 bits per heavy atom. The van der Waals surface area contributed by atoms with Crippen molar-refractivity contribution in [2.75, 3.05) is 20.2 Å². The molecule has 2 heterocycles. The number of carbonyl (C=O) groups excluding carboxylic acids is 1. The SMILES string of the molecule is CCC(NC1CC2CCCCN2C1)C(=O)OC. The van der Waals surface area contributed by atoms with Crippen LogP contribution >= 0.6 is 0 Å². The van der Waals surface area contributed by atoms with Crippen LogP contribution in [0.25, 0.3) is 0 Å². The molecule has 0 radical (unpaired) electrons. The van der Waals surface area contributed by atoms with E-state index in [2.05, 4.69) is 10.2 Å². The minimum Gasteiger partial charge on any atom is -0.468 e. The van der Waals surface area contributed by atoms with E-state index in [1.807, 2.05) is 6.92 Å². The first-order valence-corrected chi connectivity index (χ1v) is 6.82. The normalized spacial score (nSPS) is 30.9. The molecule has 0 aliphatic carbocycles. The second kappa shape index (κ2) is 5.83. The van der Waals surface area contributed by atoms with Crippen LogP contribution in [-0.4, -0.2) is 49.2 Å². The van der Waals surface area contributed by atoms with Gasteiger partial charge in [0.25, 0.3) is 0 Å². The summed E-state index contributed by atoms with van der Waals surface area (Å²) in [4.78, 5) is 14.1. The lowest BCUT2D eigenvalue weighted by Crippen LogP contribution is -2.44. The molecule has 2 aliphatic rings. The first-order valence-electron chi connectivity index (χ1n) is 6.82. The van der Waals surface area contributed by atoms with E-state index in [1.165, 1.54) is 39.3 Å². The Morgan fingerprint density at radius 1 is 1.53 bits per heavy atom. The fourth-order valence-electron chi connectivity index (χ4n) is 3.15. The second-order valence-electron chi connectivity index (χ2n) is 5.23. The predicted octanol–water partition coefficient (Wildman–Crippen LogP) is 1.15. The number of esters is 1. The fourth-order valence-corrected chi connectivity index (χ4v) is 3.15. The molecular weight excluding hydrogens is 216 g/mol. The number of fused-ring (bicyclic) bond motifs is 1. The number of hydrogen-bond acceptors (Lipinski definition) is 4. The van der Waals surface area contributed by atoms with Gasteiger partial charge < -0.3 is 10.1 Å². The highest BCUT2D eigenvalue weighted by molar-refractivity contribution is 5.75. The van der Waals surface area contributed by atoms with Crippen molar-refractivity contribution in [3.63, 3.8) is 0 Å². The lowest BCUT2D eigenvalue weighted by atomic mass is 10.0. The quantitative estimate of drug-likeness (QED) is 0.749. The van der Waals surface area contributed by atoms with Gasteiger partial charge in [-0.15, -0.1) is 0 Å². The Kier molecular flexibility index (Phi) is 4.40. The number of nitrogens with zero attached hydrogens (tertiary/aromatic N) is 1. The van der Waals surface area contributed by atoms with Gasteiger partial charge in [-0.1, -0.05) is 13.3 Å². The molecule has 0 aromatic rings. The molecule has 2 rings (SSSR count). The van der Waals surface area contributed by atoms with E-state index in [0.717, 1.165) is 19.0 Å². The highest BCUT2D eigenvalue weighted by atomic mass is 16.5. The van der Waals surface area contributed by atoms with Gasteiger partial charge in [0.15, 0.2) is 0 Å². The van der Waals surface area contributed by atoms with E-state index in [0.29, 0.717) is 6.04 Å². The standard InChI is InChI=1S/C13H24N2O2/c1-3-12(13(16)17-2)14-10-8-11-6-4-5-7-15(11)9-10/h10-12,14H,3-9H2,1-2H3. The number of carbonyl (C=O) groups is 1. The summed E-state index contributed by atoms with van der Waals surface area (Å²) in [6.45, 7) is 4.35. The van der Waals surface area contributed by atoms with E-state index >= 15 is 0 Å². The van der Waals surface area contributed by atoms with Crippen LogP contribution < -0.4 is 5.32 Å². The average molecular weight is 240 g/mol. The molecule has 3 atom stereocenters. The number of rotatable bonds is 4. The Bertz CT molecular complexity index is 256. The zero-order chi connectivity index (χ0) is 12.3. The molecule has 98 valence electrons. The second-order valence-corrected chi connectivity index (χ2v) is 5.23. The number of methoxy groups -OCH3 is 1. The van der Waals surface area contributed by atoms with Crippen LogP contribution in [0.1, 0.15) is 39.0 Å². The molecule has 2 saturated heterocycles. The molecule has 0 bridgehead atoms. The molecule has 0 spiro atoms. The monoisotopic (exact) mass is 240 g/mol. The van der Waals surface area contributed by atoms with Crippen LogP contribution in [0.4, 0.5) is 0 Å². The maximum atomic E-state index is 11.5. The Labute approximate surface area is 104 Å². The zero-order valence-electron chi connectivity index (χ0n) is 10.9. The number of hydrogen-bond donors (Lipinski definition) is 1. The third kappa shape index (κ3) is 2.99. The molecule has 2 aliphatic heterocycles. The highest BCUT2D eigenvalue weighted by Crippen LogP contribution is 2.27. The smallest absolute Gasteiger partial charge is 0.322 e. The largest absolute Gasteiger partial charge is 0.468 e. The predicted molar refractivity (Wildman–Crippen MR) is 66.8 cm³/mol. The summed E-state index contributed by atoms with van der Waals surface area (Å²) in [5, 5.41) is 3.46. The Balaban J connectivity index is 1.85. The molecule has 4 nitrogen and oxygen atoms in total. The van der Waals surface area contributed by atoms with E-state index in [9.17, 15) is 4.79 Å². The molecule has 2 fully saturated rings. The molecule has 0 aromatic heterocycles. The summed E-state index contributed by atoms with van der Waals surface area (Å²) in [5.41, 5.74) is 0. The van der Waals surface area contributed by atoms with Gasteiger partial charge >= 0.3 is 5.97 Å². The van der Waals surface area contributed by atoms with Crippen LogP contribution in [0.5, 0.6) is 0 Å². The molecular formula is C13H24N2O2. The van der Waals surface area contributed by atoms with Crippen molar-refractivity contribution in [3.8, 4) is 0 Å². The number of piperidine rings is 1. The van der Waals surface area contributed by atoms with Gasteiger partial charge in [0, 0.05) is 18.6 Å². The first kappa shape index (κ1) is 12.8. The van der Waals surface area contributed by atoms with Crippen LogP contribution in [-0.2, 0) is 9.53 Å². The topological polar surface area (TPSA) is 41.6 Å². The van der Waals surface area contributed by atoms with Gasteiger partial charge in [0.1, 0.15) is 6.04 Å². The maximum Gasteiger partial charge on any atom is 0.322 e. The number of nitrogens with one attached hydrogen (secondary N) is 1. The average Bonchev–Trinajstić information content (AvgIpc) is 2.77. The van der Waals surface area contributed by atoms with Crippen molar-refractivity contribution in [2.45, 2.75) is 57.2 Å². The molecule has 0 saturated carbocycles. The highest BCUT2D eigenvalue weighted by Gasteiger charge is 2.35. The van der Waals surface area contributed by atoms with E-state index in [1.54, 1.807) is 0 Å². The minimum atomic E-state index is -0.133. The van der Waals surface area contributed by atoms with Crippen molar-refractivity contribution >= 4 is 5.97 Å². The van der Waals surface area contributed by atoms with Crippen LogP contribution in [0.3, 0.4) is 0 Å². The Morgan fingerprint density at radius 2 is 2.35 bits per heavy atom. The van der Waals surface area contributed by atoms with Crippen LogP contribution in [0, 0.1) is 0 Å². The fraction of sp³-hybridized carbons (Fsp3) is 0.923. The van der Waals surface area contributed by atoms with Crippen molar-refractivity contribution in [2.24, 2.45) is 0 Å². The van der Waals surface area contributed by atoms with Crippen molar-refractivity contribution < 1.29 is 9.53 Å². The molecule has 1 N–H and O–H groups in total. The number of ether oxygens (including phenoxy) is 1. The molecule has 17 heavy (non-hydrogen) atoms. The maximum absolute atomic E-state index is 11.5. The minimum absolute atomic E-state index is 0.127. The molecule has 0 amide bonds. The zero-order valence-corrected chi connectivity index (χ0v) is 10.9. The lowest BCUT2D eigenvalue weighted by molar-refractivity contribution is -0.143. The third-order valence-corrected chi connectivity index (χ3v) is 4.09. The molecule has 4 heteroatoms. The van der Waals surface area contributed by atoms with Gasteiger partial charge in [0.2, 0.25) is 0 Å². The summed E-state index contributed by atoms with van der Waals surface area (Å²) in [7, 11) is 1.46. The summed E-state index contributed by atoms with van der Waals surface area (Å²) in [5.74, 6) is -0.127. The van der Waals surface area contributed by atoms with Gasteiger partial charge in [-0.05, 0) is 32.2 Å². The summed E-state index contributed by atoms with van der Waals surface area (Å²) >= 11 is 0. The summed E-state index contributed by atoms with van der Waals surface area (Å²) in [6, 6.07) is 1.07. The Hall–Kier alpha value is -0.610. The molecule has 3 unspecified atom stereocenters. The summed E-state index contributed by atoms with van der Waals surface area (Å²) in [6.07, 6.45) is 6.01. The van der Waals surface area contributed by atoms with Crippen molar-refractivity contribution in [3.05, 3.63) is 0 Å². The van der Waals surface area contributed by atoms with Crippen LogP contribution in [0.15, 0.2) is 0 Å². The van der Waals surface area contributed by atoms with E-state index < -0.39 is 0 Å². The van der Waals surface area contributed by atoms with E-state index in [-0.39, 0.29) is 12.0 Å². The van der Waals surface area contributed by atoms with Gasteiger partial charge in [-0.2, -0.15) is 0 Å². The van der Waals surface area contributed by atoms with Gasteiger partial charge in [0.05, 0.1) is 7.11 Å². The van der Waals surface area contributed by atoms with Crippen molar-refractivity contribution in [1.29, 1.82) is 0 Å². The van der Waals surface area contributed by atoms with Gasteiger partial charge in [-0.3, -0.25) is 9.69 Å². The van der Waals surface area contributed by atoms with Gasteiger partial charge in [-0.25, -0.2) is 0 Å². The molecule has 0 aromatic carbocycles. The summed E-state index contributed by atoms with van der Waals surface area (Å²) < 4.78 is 4.82. The van der Waals surface area contributed by atoms with E-state index in [4.69, 9.17) is 4.74 Å². The van der Waals surface area contributed by atoms with Crippen LogP contribution in [0.2, 0.25) is 0 Å². The lowest BCUT2D eigenvalue weighted by Gasteiger charge is -2.28. The third-order valence-electron chi connectivity index (χ3n) is 4.09. The van der Waals surface area contributed by atoms with Crippen molar-refractivity contribution in [1.82, 2.24) is 10.2 Å².